The molecule has 4 nitrogen and oxygen atoms in total. The van der Waals surface area contributed by atoms with Crippen LogP contribution in [-0.4, -0.2) is 17.6 Å². The van der Waals surface area contributed by atoms with Crippen molar-refractivity contribution in [2.45, 2.75) is 31.7 Å². The third-order valence-electron chi connectivity index (χ3n) is 4.41. The topological polar surface area (TPSA) is 75.3 Å². The van der Waals surface area contributed by atoms with Crippen molar-refractivity contribution in [2.24, 2.45) is 5.73 Å². The van der Waals surface area contributed by atoms with Gasteiger partial charge in [-0.2, -0.15) is 0 Å². The van der Waals surface area contributed by atoms with Gasteiger partial charge in [-0.25, -0.2) is 0 Å². The summed E-state index contributed by atoms with van der Waals surface area (Å²) < 4.78 is 0. The van der Waals surface area contributed by atoms with Crippen molar-refractivity contribution in [1.29, 1.82) is 0 Å². The number of nitrogens with one attached hydrogen (secondary N) is 1. The number of hydrogen-bond donors (Lipinski definition) is 3. The largest absolute Gasteiger partial charge is 0.507 e. The summed E-state index contributed by atoms with van der Waals surface area (Å²) in [5.41, 5.74) is 9.36. The SMILES string of the molecule is NCCCc1ccc(O)c(C(=O)NC2CCc3ccccc32)c1. The second kappa shape index (κ2) is 6.84. The van der Waals surface area contributed by atoms with Gasteiger partial charge in [-0.15, -0.1) is 0 Å². The molecule has 0 radical (unpaired) electrons. The average Bonchev–Trinajstić information content (AvgIpc) is 2.97. The van der Waals surface area contributed by atoms with Gasteiger partial charge in [-0.05, 0) is 61.1 Å². The number of aromatic hydroxyl groups is 1. The standard InChI is InChI=1S/C19H22N2O2/c20-11-3-4-13-7-10-18(22)16(12-13)19(23)21-17-9-8-14-5-1-2-6-15(14)17/h1-2,5-7,10,12,17,22H,3-4,8-9,11,20H2,(H,21,23). The summed E-state index contributed by atoms with van der Waals surface area (Å²) in [5.74, 6) is -0.205. The summed E-state index contributed by atoms with van der Waals surface area (Å²) >= 11 is 0. The van der Waals surface area contributed by atoms with E-state index in [1.807, 2.05) is 18.2 Å². The van der Waals surface area contributed by atoms with Gasteiger partial charge in [0.15, 0.2) is 0 Å². The van der Waals surface area contributed by atoms with Crippen LogP contribution in [-0.2, 0) is 12.8 Å². The molecular weight excluding hydrogens is 288 g/mol. The zero-order chi connectivity index (χ0) is 16.2. The second-order valence-corrected chi connectivity index (χ2v) is 6.01. The Morgan fingerprint density at radius 2 is 2.09 bits per heavy atom. The Kier molecular flexibility index (Phi) is 4.63. The van der Waals surface area contributed by atoms with Gasteiger partial charge in [0, 0.05) is 0 Å². The zero-order valence-corrected chi connectivity index (χ0v) is 13.1. The van der Waals surface area contributed by atoms with Crippen molar-refractivity contribution in [1.82, 2.24) is 5.32 Å². The quantitative estimate of drug-likeness (QED) is 0.795. The van der Waals surface area contributed by atoms with Crippen molar-refractivity contribution >= 4 is 5.91 Å². The first kappa shape index (κ1) is 15.6. The van der Waals surface area contributed by atoms with E-state index < -0.39 is 0 Å². The molecule has 1 atom stereocenters. The van der Waals surface area contributed by atoms with E-state index >= 15 is 0 Å². The van der Waals surface area contributed by atoms with Gasteiger partial charge in [-0.3, -0.25) is 4.79 Å². The fourth-order valence-electron chi connectivity index (χ4n) is 3.17. The molecular formula is C19H22N2O2. The number of hydrogen-bond acceptors (Lipinski definition) is 3. The Hall–Kier alpha value is -2.33. The van der Waals surface area contributed by atoms with Crippen LogP contribution in [0.2, 0.25) is 0 Å². The van der Waals surface area contributed by atoms with Crippen molar-refractivity contribution in [3.8, 4) is 5.75 Å². The van der Waals surface area contributed by atoms with E-state index in [0.717, 1.165) is 31.2 Å². The monoisotopic (exact) mass is 310 g/mol. The van der Waals surface area contributed by atoms with Crippen LogP contribution < -0.4 is 11.1 Å². The third kappa shape index (κ3) is 3.37. The fraction of sp³-hybridized carbons (Fsp3) is 0.316. The van der Waals surface area contributed by atoms with Crippen LogP contribution >= 0.6 is 0 Å². The molecule has 2 aromatic carbocycles. The van der Waals surface area contributed by atoms with E-state index in [0.29, 0.717) is 12.1 Å². The van der Waals surface area contributed by atoms with E-state index in [-0.39, 0.29) is 17.7 Å². The molecule has 0 heterocycles. The molecule has 0 saturated heterocycles. The van der Waals surface area contributed by atoms with E-state index in [1.165, 1.54) is 11.1 Å². The zero-order valence-electron chi connectivity index (χ0n) is 13.1. The molecule has 1 aliphatic rings. The van der Waals surface area contributed by atoms with Gasteiger partial charge in [0.1, 0.15) is 5.75 Å². The van der Waals surface area contributed by atoms with Crippen LogP contribution in [0.4, 0.5) is 0 Å². The third-order valence-corrected chi connectivity index (χ3v) is 4.41. The minimum absolute atomic E-state index is 0.0188. The average molecular weight is 310 g/mol. The van der Waals surface area contributed by atoms with Gasteiger partial charge in [0.25, 0.3) is 5.91 Å². The van der Waals surface area contributed by atoms with E-state index in [9.17, 15) is 9.90 Å². The number of nitrogens with two attached hydrogens (primary N) is 1. The van der Waals surface area contributed by atoms with E-state index in [2.05, 4.69) is 17.4 Å². The Bertz CT molecular complexity index is 712. The van der Waals surface area contributed by atoms with Gasteiger partial charge < -0.3 is 16.2 Å². The molecule has 0 aromatic heterocycles. The summed E-state index contributed by atoms with van der Waals surface area (Å²) in [5, 5.41) is 13.1. The Morgan fingerprint density at radius 3 is 2.91 bits per heavy atom. The van der Waals surface area contributed by atoms with E-state index in [1.54, 1.807) is 12.1 Å². The summed E-state index contributed by atoms with van der Waals surface area (Å²) in [6.45, 7) is 0.612. The molecule has 4 heteroatoms. The lowest BCUT2D eigenvalue weighted by Gasteiger charge is -2.15. The number of amides is 1. The fourth-order valence-corrected chi connectivity index (χ4v) is 3.17. The minimum Gasteiger partial charge on any atom is -0.507 e. The van der Waals surface area contributed by atoms with Crippen LogP contribution in [0.1, 0.15) is 45.9 Å². The van der Waals surface area contributed by atoms with Crippen LogP contribution in [0.3, 0.4) is 0 Å². The molecule has 2 aromatic rings. The maximum absolute atomic E-state index is 12.6. The van der Waals surface area contributed by atoms with Crippen LogP contribution in [0.25, 0.3) is 0 Å². The number of fused-ring (bicyclic) bond motifs is 1. The smallest absolute Gasteiger partial charge is 0.255 e. The van der Waals surface area contributed by atoms with Crippen molar-refractivity contribution < 1.29 is 9.90 Å². The highest BCUT2D eigenvalue weighted by Gasteiger charge is 2.24. The summed E-state index contributed by atoms with van der Waals surface area (Å²) in [7, 11) is 0. The van der Waals surface area contributed by atoms with Gasteiger partial charge >= 0.3 is 0 Å². The Labute approximate surface area is 136 Å². The molecule has 23 heavy (non-hydrogen) atoms. The van der Waals surface area contributed by atoms with Crippen LogP contribution in [0.15, 0.2) is 42.5 Å². The summed E-state index contributed by atoms with van der Waals surface area (Å²) in [4.78, 5) is 12.6. The lowest BCUT2D eigenvalue weighted by molar-refractivity contribution is 0.0934. The molecule has 4 N–H and O–H groups in total. The first-order chi connectivity index (χ1) is 11.2. The van der Waals surface area contributed by atoms with Crippen molar-refractivity contribution in [2.75, 3.05) is 6.54 Å². The van der Waals surface area contributed by atoms with Gasteiger partial charge in [0.05, 0.1) is 11.6 Å². The molecule has 1 aliphatic carbocycles. The normalized spacial score (nSPS) is 16.1. The number of rotatable bonds is 5. The first-order valence-corrected chi connectivity index (χ1v) is 8.09. The molecule has 0 bridgehead atoms. The van der Waals surface area contributed by atoms with Gasteiger partial charge in [0.2, 0.25) is 0 Å². The minimum atomic E-state index is -0.223. The van der Waals surface area contributed by atoms with E-state index in [4.69, 9.17) is 5.73 Å². The lowest BCUT2D eigenvalue weighted by atomic mass is 10.0. The molecule has 3 rings (SSSR count). The lowest BCUT2D eigenvalue weighted by Crippen LogP contribution is -2.27. The molecule has 1 amide bonds. The van der Waals surface area contributed by atoms with Gasteiger partial charge in [-0.1, -0.05) is 30.3 Å². The van der Waals surface area contributed by atoms with Crippen LogP contribution in [0.5, 0.6) is 5.75 Å². The molecule has 1 unspecified atom stereocenters. The number of aryl methyl sites for hydroxylation is 2. The highest BCUT2D eigenvalue weighted by Crippen LogP contribution is 2.31. The highest BCUT2D eigenvalue weighted by atomic mass is 16.3. The molecule has 0 aliphatic heterocycles. The van der Waals surface area contributed by atoms with Crippen molar-refractivity contribution in [3.05, 3.63) is 64.7 Å². The Balaban J connectivity index is 1.76. The number of carbonyl (C=O) groups is 1. The molecule has 120 valence electrons. The highest BCUT2D eigenvalue weighted by molar-refractivity contribution is 5.97. The second-order valence-electron chi connectivity index (χ2n) is 6.01. The Morgan fingerprint density at radius 1 is 1.26 bits per heavy atom. The first-order valence-electron chi connectivity index (χ1n) is 8.09. The number of phenols is 1. The molecule has 0 saturated carbocycles. The molecule has 0 spiro atoms. The maximum Gasteiger partial charge on any atom is 0.255 e. The summed E-state index contributed by atoms with van der Waals surface area (Å²) in [6, 6.07) is 13.4. The predicted octanol–water partition coefficient (Wildman–Crippen LogP) is 2.70. The van der Waals surface area contributed by atoms with Crippen molar-refractivity contribution in [3.63, 3.8) is 0 Å². The maximum atomic E-state index is 12.6. The number of carbonyl (C=O) groups excluding carboxylic acids is 1. The predicted molar refractivity (Wildman–Crippen MR) is 90.5 cm³/mol. The summed E-state index contributed by atoms with van der Waals surface area (Å²) in [6.07, 6.45) is 3.55. The van der Waals surface area contributed by atoms with Crippen LogP contribution in [0, 0.1) is 0 Å². The number of phenolic OH excluding ortho intramolecular Hbond substituents is 1. The number of benzene rings is 2. The molecule has 0 fully saturated rings.